The van der Waals surface area contributed by atoms with E-state index in [9.17, 15) is 20.4 Å². The summed E-state index contributed by atoms with van der Waals surface area (Å²) in [4.78, 5) is 12.1. The number of hydrogen-bond donors (Lipinski definition) is 5. The number of fused-ring (bicyclic) bond motifs is 1. The number of rotatable bonds is 3. The molecule has 1 aliphatic rings. The van der Waals surface area contributed by atoms with E-state index in [1.165, 1.54) is 17.8 Å². The number of nitrogens with two attached hydrogens (primary N) is 1. The molecule has 0 saturated carbocycles. The number of ether oxygens (including phenoxy) is 1. The van der Waals surface area contributed by atoms with E-state index in [2.05, 4.69) is 15.0 Å². The molecule has 6 N–H and O–H groups in total. The summed E-state index contributed by atoms with van der Waals surface area (Å²) in [5.41, 5.74) is 6.27. The zero-order valence-electron chi connectivity index (χ0n) is 11.7. The molecule has 22 heavy (non-hydrogen) atoms. The van der Waals surface area contributed by atoms with Crippen LogP contribution >= 0.6 is 0 Å². The Morgan fingerprint density at radius 2 is 2.09 bits per heavy atom. The molecule has 10 heteroatoms. The van der Waals surface area contributed by atoms with E-state index in [-0.39, 0.29) is 22.8 Å². The van der Waals surface area contributed by atoms with E-state index < -0.39 is 37.3 Å². The molecule has 1 saturated heterocycles. The van der Waals surface area contributed by atoms with Crippen molar-refractivity contribution < 1.29 is 25.2 Å². The molecule has 2 aromatic rings. The van der Waals surface area contributed by atoms with E-state index >= 15 is 0 Å². The molecule has 0 bridgehead atoms. The topological polar surface area (TPSA) is 160 Å². The highest BCUT2D eigenvalue weighted by Crippen LogP contribution is 2.34. The van der Waals surface area contributed by atoms with Crippen LogP contribution in [-0.4, -0.2) is 64.9 Å². The van der Waals surface area contributed by atoms with Crippen molar-refractivity contribution in [3.05, 3.63) is 12.2 Å². The van der Waals surface area contributed by atoms with Crippen molar-refractivity contribution in [1.29, 1.82) is 0 Å². The van der Waals surface area contributed by atoms with Gasteiger partial charge in [0.1, 0.15) is 36.6 Å². The van der Waals surface area contributed by atoms with Crippen molar-refractivity contribution in [1.82, 2.24) is 19.5 Å². The highest BCUT2D eigenvalue weighted by atomic mass is 16.6. The van der Waals surface area contributed by atoms with Crippen LogP contribution in [0.2, 0.25) is 0 Å². The number of aromatic nitrogens is 4. The van der Waals surface area contributed by atoms with Gasteiger partial charge in [-0.1, -0.05) is 0 Å². The van der Waals surface area contributed by atoms with Crippen LogP contribution in [-0.2, 0) is 4.74 Å². The third-order valence-electron chi connectivity index (χ3n) is 3.68. The average Bonchev–Trinajstić information content (AvgIpc) is 3.00. The van der Waals surface area contributed by atoms with Crippen LogP contribution in [0.1, 0.15) is 25.1 Å². The molecule has 3 unspecified atom stereocenters. The van der Waals surface area contributed by atoms with Crippen molar-refractivity contribution >= 4 is 17.0 Å². The standard InChI is InChI=1S/C12H17N5O5/c1-4(19)10-16-6-9(13)14-3-15-11(6)17(10)12-8(21)7(20)5(2-18)22-12/h3-5,7-8,12,18-21H,2H2,1H3,(H2,13,14,15)/t4?,5?,7-,8?,12+/m0/s1. The second kappa shape index (κ2) is 5.41. The van der Waals surface area contributed by atoms with Gasteiger partial charge in [0.15, 0.2) is 23.2 Å². The van der Waals surface area contributed by atoms with Gasteiger partial charge in [-0.3, -0.25) is 4.57 Å². The van der Waals surface area contributed by atoms with Gasteiger partial charge in [0.25, 0.3) is 0 Å². The maximum Gasteiger partial charge on any atom is 0.167 e. The van der Waals surface area contributed by atoms with Crippen molar-refractivity contribution in [2.24, 2.45) is 0 Å². The normalized spacial score (nSPS) is 30.0. The van der Waals surface area contributed by atoms with Gasteiger partial charge in [-0.25, -0.2) is 15.0 Å². The molecule has 1 aliphatic heterocycles. The molecule has 0 amide bonds. The van der Waals surface area contributed by atoms with Gasteiger partial charge < -0.3 is 30.9 Å². The zero-order chi connectivity index (χ0) is 16.0. The molecule has 5 atom stereocenters. The number of anilines is 1. The smallest absolute Gasteiger partial charge is 0.167 e. The first kappa shape index (κ1) is 15.1. The SMILES string of the molecule is CC(O)c1nc2c(N)ncnc2n1[C@@H]1OC(CO)[C@H](O)C1O. The molecule has 3 rings (SSSR count). The van der Waals surface area contributed by atoms with Crippen LogP contribution in [0.3, 0.4) is 0 Å². The summed E-state index contributed by atoms with van der Waals surface area (Å²) in [6.45, 7) is 1.03. The predicted molar refractivity (Wildman–Crippen MR) is 73.4 cm³/mol. The van der Waals surface area contributed by atoms with Crippen molar-refractivity contribution in [3.8, 4) is 0 Å². The molecule has 1 fully saturated rings. The van der Waals surface area contributed by atoms with E-state index in [0.717, 1.165) is 0 Å². The number of nitrogens with zero attached hydrogens (tertiary/aromatic N) is 4. The summed E-state index contributed by atoms with van der Waals surface area (Å²) in [5, 5.41) is 39.2. The molecule has 2 aromatic heterocycles. The third kappa shape index (κ3) is 2.12. The first-order chi connectivity index (χ1) is 10.5. The fourth-order valence-electron chi connectivity index (χ4n) is 2.58. The minimum atomic E-state index is -1.32. The molecule has 0 aromatic carbocycles. The second-order valence-electron chi connectivity index (χ2n) is 5.18. The van der Waals surface area contributed by atoms with Gasteiger partial charge in [-0.05, 0) is 6.92 Å². The minimum Gasteiger partial charge on any atom is -0.394 e. The maximum atomic E-state index is 10.2. The predicted octanol–water partition coefficient (Wildman–Crippen LogP) is -1.93. The Kier molecular flexibility index (Phi) is 3.70. The highest BCUT2D eigenvalue weighted by Gasteiger charge is 2.45. The zero-order valence-corrected chi connectivity index (χ0v) is 11.7. The Hall–Kier alpha value is -1.85. The molecule has 0 spiro atoms. The van der Waals surface area contributed by atoms with Crippen molar-refractivity contribution in [3.63, 3.8) is 0 Å². The van der Waals surface area contributed by atoms with Gasteiger partial charge in [-0.2, -0.15) is 0 Å². The lowest BCUT2D eigenvalue weighted by atomic mass is 10.1. The first-order valence-corrected chi connectivity index (χ1v) is 6.74. The van der Waals surface area contributed by atoms with Gasteiger partial charge in [0, 0.05) is 0 Å². The molecular weight excluding hydrogens is 294 g/mol. The first-order valence-electron chi connectivity index (χ1n) is 6.74. The van der Waals surface area contributed by atoms with E-state index in [1.54, 1.807) is 0 Å². The number of hydrogen-bond acceptors (Lipinski definition) is 9. The lowest BCUT2D eigenvalue weighted by Gasteiger charge is -2.20. The molecule has 3 heterocycles. The molecule has 120 valence electrons. The Morgan fingerprint density at radius 1 is 1.36 bits per heavy atom. The fourth-order valence-corrected chi connectivity index (χ4v) is 2.58. The van der Waals surface area contributed by atoms with Gasteiger partial charge in [0.05, 0.1) is 6.61 Å². The van der Waals surface area contributed by atoms with Crippen LogP contribution in [0.15, 0.2) is 6.33 Å². The largest absolute Gasteiger partial charge is 0.394 e. The number of nitrogen functional groups attached to an aromatic ring is 1. The molecule has 0 radical (unpaired) electrons. The number of aliphatic hydroxyl groups is 4. The van der Waals surface area contributed by atoms with Crippen molar-refractivity contribution in [2.45, 2.75) is 37.6 Å². The van der Waals surface area contributed by atoms with Gasteiger partial charge in [0.2, 0.25) is 0 Å². The summed E-state index contributed by atoms with van der Waals surface area (Å²) in [6, 6.07) is 0. The van der Waals surface area contributed by atoms with Gasteiger partial charge in [-0.15, -0.1) is 0 Å². The van der Waals surface area contributed by atoms with E-state index in [0.29, 0.717) is 0 Å². The lowest BCUT2D eigenvalue weighted by Crippen LogP contribution is -2.33. The summed E-state index contributed by atoms with van der Waals surface area (Å²) in [5.74, 6) is 0.287. The third-order valence-corrected chi connectivity index (χ3v) is 3.68. The van der Waals surface area contributed by atoms with Gasteiger partial charge >= 0.3 is 0 Å². The van der Waals surface area contributed by atoms with Crippen LogP contribution in [0.4, 0.5) is 5.82 Å². The molecule has 10 nitrogen and oxygen atoms in total. The summed E-state index contributed by atoms with van der Waals surface area (Å²) < 4.78 is 6.84. The van der Waals surface area contributed by atoms with E-state index in [1.807, 2.05) is 0 Å². The van der Waals surface area contributed by atoms with Crippen LogP contribution in [0.25, 0.3) is 11.2 Å². The van der Waals surface area contributed by atoms with Crippen LogP contribution in [0, 0.1) is 0 Å². The Morgan fingerprint density at radius 3 is 2.68 bits per heavy atom. The quantitative estimate of drug-likeness (QED) is 0.435. The molecular formula is C12H17N5O5. The number of imidazole rings is 1. The van der Waals surface area contributed by atoms with Crippen LogP contribution < -0.4 is 5.73 Å². The van der Waals surface area contributed by atoms with Crippen LogP contribution in [0.5, 0.6) is 0 Å². The Bertz CT molecular complexity index is 690. The lowest BCUT2D eigenvalue weighted by molar-refractivity contribution is -0.0543. The summed E-state index contributed by atoms with van der Waals surface area (Å²) in [6.07, 6.45) is -4.36. The Labute approximate surface area is 124 Å². The second-order valence-corrected chi connectivity index (χ2v) is 5.18. The maximum absolute atomic E-state index is 10.2. The average molecular weight is 311 g/mol. The number of aliphatic hydroxyl groups excluding tert-OH is 4. The Balaban J connectivity index is 2.17. The molecule has 0 aliphatic carbocycles. The van der Waals surface area contributed by atoms with E-state index in [4.69, 9.17) is 10.5 Å². The summed E-state index contributed by atoms with van der Waals surface area (Å²) >= 11 is 0. The fraction of sp³-hybridized carbons (Fsp3) is 0.583. The minimum absolute atomic E-state index is 0.123. The van der Waals surface area contributed by atoms with Crippen molar-refractivity contribution in [2.75, 3.05) is 12.3 Å². The summed E-state index contributed by atoms with van der Waals surface area (Å²) in [7, 11) is 0. The highest BCUT2D eigenvalue weighted by molar-refractivity contribution is 5.82. The monoisotopic (exact) mass is 311 g/mol.